The molecule has 2 aromatic carbocycles. The maximum Gasteiger partial charge on any atom is 0.198 e. The van der Waals surface area contributed by atoms with Crippen molar-refractivity contribution in [2.45, 2.75) is 0 Å². The van der Waals surface area contributed by atoms with Gasteiger partial charge in [-0.1, -0.05) is 29.9 Å². The van der Waals surface area contributed by atoms with Crippen LogP contribution in [-0.4, -0.2) is 4.99 Å². The van der Waals surface area contributed by atoms with E-state index < -0.39 is 17.4 Å². The summed E-state index contributed by atoms with van der Waals surface area (Å²) in [6.45, 7) is 0. The molecule has 0 fully saturated rings. The molecule has 0 bridgehead atoms. The normalized spacial score (nSPS) is 10.3. The highest BCUT2D eigenvalue weighted by atomic mass is 35.5. The molecule has 0 spiro atoms. The fraction of sp³-hybridized carbons (Fsp3) is 0. The zero-order valence-corrected chi connectivity index (χ0v) is 11.1. The summed E-state index contributed by atoms with van der Waals surface area (Å²) < 4.78 is 32.6. The topological polar surface area (TPSA) is 35.2 Å². The van der Waals surface area contributed by atoms with Gasteiger partial charge in [-0.25, -0.2) is 8.78 Å². The molecule has 0 heterocycles. The second kappa shape index (κ2) is 5.50. The highest BCUT2D eigenvalue weighted by Gasteiger charge is 2.14. The molecule has 19 heavy (non-hydrogen) atoms. The van der Waals surface area contributed by atoms with E-state index >= 15 is 0 Å². The van der Waals surface area contributed by atoms with Crippen LogP contribution in [0, 0.1) is 11.6 Å². The molecule has 0 unspecified atom stereocenters. The van der Waals surface area contributed by atoms with Crippen LogP contribution in [0.15, 0.2) is 36.4 Å². The van der Waals surface area contributed by atoms with E-state index in [1.54, 1.807) is 12.1 Å². The lowest BCUT2D eigenvalue weighted by Crippen LogP contribution is -2.10. The average molecular weight is 300 g/mol. The largest absolute Gasteiger partial charge is 0.451 e. The van der Waals surface area contributed by atoms with Gasteiger partial charge in [0.1, 0.15) is 10.7 Å². The molecule has 0 aliphatic heterocycles. The predicted molar refractivity (Wildman–Crippen MR) is 73.8 cm³/mol. The second-order valence-electron chi connectivity index (χ2n) is 3.69. The Bertz CT molecular complexity index is 625. The molecule has 2 aromatic rings. The van der Waals surface area contributed by atoms with Crippen LogP contribution in [0.3, 0.4) is 0 Å². The van der Waals surface area contributed by atoms with Crippen molar-refractivity contribution >= 4 is 28.8 Å². The van der Waals surface area contributed by atoms with E-state index in [2.05, 4.69) is 12.2 Å². The second-order valence-corrected chi connectivity index (χ2v) is 4.57. The Labute approximate surface area is 118 Å². The van der Waals surface area contributed by atoms with Crippen LogP contribution in [-0.2, 0) is 0 Å². The minimum absolute atomic E-state index is 0.0906. The average Bonchev–Trinajstić information content (AvgIpc) is 2.33. The summed E-state index contributed by atoms with van der Waals surface area (Å²) >= 11 is 10.4. The van der Waals surface area contributed by atoms with Crippen LogP contribution in [0.4, 0.5) is 8.78 Å². The van der Waals surface area contributed by atoms with Crippen molar-refractivity contribution in [1.82, 2.24) is 0 Å². The lowest BCUT2D eigenvalue weighted by Gasteiger charge is -2.09. The van der Waals surface area contributed by atoms with Crippen molar-refractivity contribution in [1.29, 1.82) is 0 Å². The summed E-state index contributed by atoms with van der Waals surface area (Å²) in [5, 5.41) is 0.401. The smallest absolute Gasteiger partial charge is 0.198 e. The number of nitrogens with two attached hydrogens (primary N) is 1. The molecule has 0 radical (unpaired) electrons. The van der Waals surface area contributed by atoms with Gasteiger partial charge in [0.25, 0.3) is 0 Å². The van der Waals surface area contributed by atoms with Gasteiger partial charge >= 0.3 is 0 Å². The van der Waals surface area contributed by atoms with Crippen molar-refractivity contribution in [3.63, 3.8) is 0 Å². The Morgan fingerprint density at radius 3 is 2.32 bits per heavy atom. The van der Waals surface area contributed by atoms with E-state index in [4.69, 9.17) is 22.1 Å². The summed E-state index contributed by atoms with van der Waals surface area (Å²) in [6, 6.07) is 8.25. The first-order valence-electron chi connectivity index (χ1n) is 5.19. The van der Waals surface area contributed by atoms with Gasteiger partial charge in [0, 0.05) is 10.6 Å². The number of hydrogen-bond donors (Lipinski definition) is 1. The van der Waals surface area contributed by atoms with Crippen LogP contribution >= 0.6 is 23.8 Å². The van der Waals surface area contributed by atoms with Crippen molar-refractivity contribution in [3.8, 4) is 11.5 Å². The van der Waals surface area contributed by atoms with Gasteiger partial charge in [-0.15, -0.1) is 0 Å². The van der Waals surface area contributed by atoms with Crippen molar-refractivity contribution in [3.05, 3.63) is 58.6 Å². The monoisotopic (exact) mass is 299 g/mol. The molecule has 0 aromatic heterocycles. The van der Waals surface area contributed by atoms with Gasteiger partial charge in [0.05, 0.1) is 0 Å². The van der Waals surface area contributed by atoms with Crippen molar-refractivity contribution in [2.24, 2.45) is 5.73 Å². The fourth-order valence-corrected chi connectivity index (χ4v) is 1.75. The van der Waals surface area contributed by atoms with E-state index in [1.165, 1.54) is 12.1 Å². The Kier molecular flexibility index (Phi) is 3.97. The minimum atomic E-state index is -0.886. The van der Waals surface area contributed by atoms with Crippen molar-refractivity contribution < 1.29 is 13.5 Å². The zero-order valence-electron chi connectivity index (χ0n) is 9.49. The Balaban J connectivity index is 2.38. The Morgan fingerprint density at radius 1 is 1.16 bits per heavy atom. The SMILES string of the molecule is NC(=S)c1cc(F)c(Oc2cccc(Cl)c2)c(F)c1. The van der Waals surface area contributed by atoms with Crippen LogP contribution in [0.1, 0.15) is 5.56 Å². The number of halogens is 3. The van der Waals surface area contributed by atoms with Crippen LogP contribution < -0.4 is 10.5 Å². The maximum atomic E-state index is 13.7. The van der Waals surface area contributed by atoms with Crippen LogP contribution in [0.5, 0.6) is 11.5 Å². The zero-order chi connectivity index (χ0) is 14.0. The molecule has 0 amide bonds. The lowest BCUT2D eigenvalue weighted by atomic mass is 10.2. The van der Waals surface area contributed by atoms with Gasteiger partial charge in [0.2, 0.25) is 0 Å². The molecule has 0 aliphatic carbocycles. The first-order valence-corrected chi connectivity index (χ1v) is 5.98. The lowest BCUT2D eigenvalue weighted by molar-refractivity contribution is 0.407. The molecule has 2 nitrogen and oxygen atoms in total. The van der Waals surface area contributed by atoms with E-state index in [9.17, 15) is 8.78 Å². The number of ether oxygens (including phenoxy) is 1. The summed E-state index contributed by atoms with van der Waals surface area (Å²) in [7, 11) is 0. The molecule has 0 aliphatic rings. The van der Waals surface area contributed by atoms with Crippen LogP contribution in [0.2, 0.25) is 5.02 Å². The summed E-state index contributed by atoms with van der Waals surface area (Å²) in [6.07, 6.45) is 0. The third-order valence-electron chi connectivity index (χ3n) is 2.30. The van der Waals surface area contributed by atoms with Crippen molar-refractivity contribution in [2.75, 3.05) is 0 Å². The third-order valence-corrected chi connectivity index (χ3v) is 2.77. The standard InChI is InChI=1S/C13H8ClF2NOS/c14-8-2-1-3-9(6-8)18-12-10(15)4-7(13(17)19)5-11(12)16/h1-6H,(H2,17,19). The summed E-state index contributed by atoms with van der Waals surface area (Å²) in [5.74, 6) is -2.07. The first kappa shape index (κ1) is 13.7. The highest BCUT2D eigenvalue weighted by molar-refractivity contribution is 7.80. The van der Waals surface area contributed by atoms with Gasteiger partial charge in [-0.3, -0.25) is 0 Å². The molecule has 98 valence electrons. The quantitative estimate of drug-likeness (QED) is 0.869. The molecular formula is C13H8ClF2NOS. The molecule has 0 saturated heterocycles. The van der Waals surface area contributed by atoms with E-state index in [1.807, 2.05) is 0 Å². The third kappa shape index (κ3) is 3.19. The number of hydrogen-bond acceptors (Lipinski definition) is 2. The van der Waals surface area contributed by atoms with E-state index in [0.717, 1.165) is 12.1 Å². The number of rotatable bonds is 3. The van der Waals surface area contributed by atoms with Gasteiger partial charge < -0.3 is 10.5 Å². The molecular weight excluding hydrogens is 292 g/mol. The van der Waals surface area contributed by atoms with Gasteiger partial charge in [0.15, 0.2) is 17.4 Å². The fourth-order valence-electron chi connectivity index (χ4n) is 1.45. The maximum absolute atomic E-state index is 13.7. The first-order chi connectivity index (χ1) is 8.97. The Hall–Kier alpha value is -1.72. The number of benzene rings is 2. The Morgan fingerprint density at radius 2 is 1.79 bits per heavy atom. The molecule has 0 saturated carbocycles. The summed E-state index contributed by atoms with van der Waals surface area (Å²) in [4.78, 5) is -0.0906. The highest BCUT2D eigenvalue weighted by Crippen LogP contribution is 2.29. The molecule has 6 heteroatoms. The molecule has 0 atom stereocenters. The minimum Gasteiger partial charge on any atom is -0.451 e. The number of thiocarbonyl (C=S) groups is 1. The molecule has 2 N–H and O–H groups in total. The van der Waals surface area contributed by atoms with E-state index in [0.29, 0.717) is 5.02 Å². The van der Waals surface area contributed by atoms with Gasteiger partial charge in [-0.05, 0) is 30.3 Å². The van der Waals surface area contributed by atoms with Crippen LogP contribution in [0.25, 0.3) is 0 Å². The van der Waals surface area contributed by atoms with E-state index in [-0.39, 0.29) is 16.3 Å². The predicted octanol–water partition coefficient (Wildman–Crippen LogP) is 4.04. The van der Waals surface area contributed by atoms with Gasteiger partial charge in [-0.2, -0.15) is 0 Å². The summed E-state index contributed by atoms with van der Waals surface area (Å²) in [5.41, 5.74) is 5.41. The molecule has 2 rings (SSSR count).